The zero-order valence-corrected chi connectivity index (χ0v) is 15.1. The predicted molar refractivity (Wildman–Crippen MR) is 97.4 cm³/mol. The third-order valence-electron chi connectivity index (χ3n) is 4.89. The minimum Gasteiger partial charge on any atom is -0.297 e. The normalized spacial score (nSPS) is 16.5. The maximum absolute atomic E-state index is 14.5. The number of allylic oxidation sites excluding steroid dienone is 1. The van der Waals surface area contributed by atoms with Gasteiger partial charge in [-0.25, -0.2) is 17.6 Å². The fraction of sp³-hybridized carbons (Fsp3) is 0.333. The van der Waals surface area contributed by atoms with Crippen molar-refractivity contribution in [1.29, 1.82) is 0 Å². The van der Waals surface area contributed by atoms with Crippen molar-refractivity contribution in [3.05, 3.63) is 82.9 Å². The number of piperazine rings is 1. The molecule has 0 spiro atoms. The fourth-order valence-corrected chi connectivity index (χ4v) is 3.47. The first-order chi connectivity index (χ1) is 13.0. The summed E-state index contributed by atoms with van der Waals surface area (Å²) in [5, 5.41) is 0. The van der Waals surface area contributed by atoms with E-state index in [1.165, 1.54) is 12.1 Å². The first kappa shape index (κ1) is 19.6. The molecule has 2 nitrogen and oxygen atoms in total. The van der Waals surface area contributed by atoms with Crippen molar-refractivity contribution in [2.45, 2.75) is 13.0 Å². The molecule has 0 aliphatic carbocycles. The Morgan fingerprint density at radius 2 is 1.37 bits per heavy atom. The van der Waals surface area contributed by atoms with Crippen LogP contribution < -0.4 is 0 Å². The molecular weight excluding hydrogens is 356 g/mol. The van der Waals surface area contributed by atoms with Gasteiger partial charge in [-0.3, -0.25) is 9.80 Å². The molecule has 144 valence electrons. The van der Waals surface area contributed by atoms with Crippen LogP contribution in [0.1, 0.15) is 24.1 Å². The Bertz CT molecular complexity index is 762. The van der Waals surface area contributed by atoms with Gasteiger partial charge in [-0.1, -0.05) is 24.3 Å². The summed E-state index contributed by atoms with van der Waals surface area (Å²) in [4.78, 5) is 4.20. The van der Waals surface area contributed by atoms with E-state index < -0.39 is 29.3 Å². The number of benzene rings is 2. The molecule has 0 N–H and O–H groups in total. The Morgan fingerprint density at radius 1 is 0.852 bits per heavy atom. The van der Waals surface area contributed by atoms with E-state index in [1.54, 1.807) is 0 Å². The lowest BCUT2D eigenvalue weighted by Crippen LogP contribution is -2.48. The number of nitrogens with zero attached hydrogens (tertiary/aromatic N) is 2. The molecule has 0 saturated carbocycles. The highest BCUT2D eigenvalue weighted by atomic mass is 19.1. The van der Waals surface area contributed by atoms with E-state index >= 15 is 0 Å². The topological polar surface area (TPSA) is 6.48 Å². The summed E-state index contributed by atoms with van der Waals surface area (Å²) < 4.78 is 55.8. The summed E-state index contributed by atoms with van der Waals surface area (Å²) in [6.07, 6.45) is 4.05. The largest absolute Gasteiger partial charge is 0.297 e. The molecular formula is C21H22F4N2. The van der Waals surface area contributed by atoms with Crippen molar-refractivity contribution >= 4 is 0 Å². The summed E-state index contributed by atoms with van der Waals surface area (Å²) in [7, 11) is 0. The van der Waals surface area contributed by atoms with Gasteiger partial charge in [0.05, 0.1) is 6.04 Å². The molecule has 6 heteroatoms. The summed E-state index contributed by atoms with van der Waals surface area (Å²) >= 11 is 0. The molecule has 27 heavy (non-hydrogen) atoms. The Labute approximate surface area is 156 Å². The molecule has 1 heterocycles. The average molecular weight is 378 g/mol. The van der Waals surface area contributed by atoms with Gasteiger partial charge in [0, 0.05) is 56.0 Å². The Morgan fingerprint density at radius 3 is 1.81 bits per heavy atom. The van der Waals surface area contributed by atoms with E-state index in [1.807, 2.05) is 17.9 Å². The SMILES string of the molecule is C/C=C\CN1CCN(C(c2ccc(F)cc2F)c2ccc(F)cc2F)CC1. The lowest BCUT2D eigenvalue weighted by Gasteiger charge is -2.39. The zero-order valence-electron chi connectivity index (χ0n) is 15.1. The fourth-order valence-electron chi connectivity index (χ4n) is 3.47. The van der Waals surface area contributed by atoms with E-state index in [9.17, 15) is 17.6 Å². The molecule has 1 aliphatic heterocycles. The van der Waals surface area contributed by atoms with Crippen LogP contribution in [0.2, 0.25) is 0 Å². The highest BCUT2D eigenvalue weighted by Crippen LogP contribution is 2.33. The van der Waals surface area contributed by atoms with Crippen molar-refractivity contribution in [2.24, 2.45) is 0 Å². The first-order valence-electron chi connectivity index (χ1n) is 8.97. The monoisotopic (exact) mass is 378 g/mol. The van der Waals surface area contributed by atoms with Crippen LogP contribution in [0.4, 0.5) is 17.6 Å². The summed E-state index contributed by atoms with van der Waals surface area (Å²) in [5.41, 5.74) is 0.368. The molecule has 1 saturated heterocycles. The Kier molecular flexibility index (Phi) is 6.29. The van der Waals surface area contributed by atoms with Gasteiger partial charge in [-0.15, -0.1) is 0 Å². The third-order valence-corrected chi connectivity index (χ3v) is 4.89. The average Bonchev–Trinajstić information content (AvgIpc) is 2.64. The number of hydrogen-bond acceptors (Lipinski definition) is 2. The maximum Gasteiger partial charge on any atom is 0.131 e. The number of halogens is 4. The zero-order chi connectivity index (χ0) is 19.4. The van der Waals surface area contributed by atoms with Gasteiger partial charge in [-0.05, 0) is 19.1 Å². The summed E-state index contributed by atoms with van der Waals surface area (Å²) in [6.45, 7) is 5.45. The van der Waals surface area contributed by atoms with E-state index in [0.717, 1.165) is 43.9 Å². The van der Waals surface area contributed by atoms with E-state index in [4.69, 9.17) is 0 Å². The maximum atomic E-state index is 14.5. The lowest BCUT2D eigenvalue weighted by molar-refractivity contribution is 0.115. The number of rotatable bonds is 5. The minimum absolute atomic E-state index is 0.184. The predicted octanol–water partition coefficient (Wildman–Crippen LogP) is 4.53. The molecule has 0 radical (unpaired) electrons. The Hall–Kier alpha value is -2.18. The highest BCUT2D eigenvalue weighted by molar-refractivity contribution is 5.34. The molecule has 0 unspecified atom stereocenters. The summed E-state index contributed by atoms with van der Waals surface area (Å²) in [6, 6.07) is 5.85. The van der Waals surface area contributed by atoms with E-state index in [0.29, 0.717) is 13.1 Å². The molecule has 0 atom stereocenters. The van der Waals surface area contributed by atoms with E-state index in [2.05, 4.69) is 11.0 Å². The molecule has 0 amide bonds. The van der Waals surface area contributed by atoms with Crippen LogP contribution in [0.25, 0.3) is 0 Å². The molecule has 2 aromatic rings. The molecule has 0 aromatic heterocycles. The van der Waals surface area contributed by atoms with Crippen LogP contribution >= 0.6 is 0 Å². The Balaban J connectivity index is 1.93. The van der Waals surface area contributed by atoms with Crippen LogP contribution in [0.3, 0.4) is 0 Å². The standard InChI is InChI=1S/C21H22F4N2/c1-2-3-8-26-9-11-27(12-10-26)21(17-6-4-15(22)13-19(17)24)18-7-5-16(23)14-20(18)25/h2-7,13-14,21H,8-12H2,1H3/b3-2-. The molecule has 2 aromatic carbocycles. The van der Waals surface area contributed by atoms with Crippen molar-refractivity contribution in [3.63, 3.8) is 0 Å². The smallest absolute Gasteiger partial charge is 0.131 e. The van der Waals surface area contributed by atoms with Gasteiger partial charge in [0.2, 0.25) is 0 Å². The van der Waals surface area contributed by atoms with Crippen LogP contribution in [-0.2, 0) is 0 Å². The second-order valence-corrected chi connectivity index (χ2v) is 6.64. The van der Waals surface area contributed by atoms with Crippen LogP contribution in [0.5, 0.6) is 0 Å². The molecule has 1 fully saturated rings. The van der Waals surface area contributed by atoms with Crippen LogP contribution in [0.15, 0.2) is 48.6 Å². The lowest BCUT2D eigenvalue weighted by atomic mass is 9.95. The van der Waals surface area contributed by atoms with Gasteiger partial charge < -0.3 is 0 Å². The second kappa shape index (κ2) is 8.67. The third kappa shape index (κ3) is 4.57. The van der Waals surface area contributed by atoms with Gasteiger partial charge >= 0.3 is 0 Å². The number of hydrogen-bond donors (Lipinski definition) is 0. The van der Waals surface area contributed by atoms with Crippen LogP contribution in [0, 0.1) is 23.3 Å². The molecule has 0 bridgehead atoms. The van der Waals surface area contributed by atoms with Crippen molar-refractivity contribution < 1.29 is 17.6 Å². The van der Waals surface area contributed by atoms with Gasteiger partial charge in [-0.2, -0.15) is 0 Å². The van der Waals surface area contributed by atoms with Crippen molar-refractivity contribution in [2.75, 3.05) is 32.7 Å². The first-order valence-corrected chi connectivity index (χ1v) is 8.97. The molecule has 1 aliphatic rings. The second-order valence-electron chi connectivity index (χ2n) is 6.64. The van der Waals surface area contributed by atoms with Gasteiger partial charge in [0.25, 0.3) is 0 Å². The highest BCUT2D eigenvalue weighted by Gasteiger charge is 2.30. The summed E-state index contributed by atoms with van der Waals surface area (Å²) in [5.74, 6) is -2.85. The van der Waals surface area contributed by atoms with Gasteiger partial charge in [0.1, 0.15) is 23.3 Å². The minimum atomic E-state index is -0.741. The quantitative estimate of drug-likeness (QED) is 0.557. The van der Waals surface area contributed by atoms with Crippen LogP contribution in [-0.4, -0.2) is 42.5 Å². The van der Waals surface area contributed by atoms with E-state index in [-0.39, 0.29) is 11.1 Å². The van der Waals surface area contributed by atoms with Gasteiger partial charge in [0.15, 0.2) is 0 Å². The van der Waals surface area contributed by atoms with Crippen molar-refractivity contribution in [3.8, 4) is 0 Å². The molecule has 3 rings (SSSR count). The van der Waals surface area contributed by atoms with Crippen molar-refractivity contribution in [1.82, 2.24) is 9.80 Å².